The summed E-state index contributed by atoms with van der Waals surface area (Å²) in [6.45, 7) is 0. The highest BCUT2D eigenvalue weighted by Crippen LogP contribution is 2.53. The predicted octanol–water partition coefficient (Wildman–Crippen LogP) is 38.5. The summed E-state index contributed by atoms with van der Waals surface area (Å²) in [4.78, 5) is 0. The molecule has 0 heterocycles. The molecule has 136 heavy (non-hydrogen) atoms. The maximum absolute atomic E-state index is 2.38. The Morgan fingerprint density at radius 1 is 0.0735 bits per heavy atom. The van der Waals surface area contributed by atoms with E-state index in [1.807, 2.05) is 0 Å². The molecule has 0 heteroatoms. The molecule has 0 bridgehead atoms. The Labute approximate surface area is 788 Å². The summed E-state index contributed by atoms with van der Waals surface area (Å²) >= 11 is 0. The van der Waals surface area contributed by atoms with Crippen LogP contribution < -0.4 is 0 Å². The summed E-state index contributed by atoms with van der Waals surface area (Å²) in [6.07, 6.45) is 0. The van der Waals surface area contributed by atoms with E-state index in [2.05, 4.69) is 522 Å². The molecule has 0 amide bonds. The van der Waals surface area contributed by atoms with E-state index in [1.165, 1.54) is 273 Å². The molecule has 0 saturated carbocycles. The minimum Gasteiger partial charge on any atom is -0.0622 e. The van der Waals surface area contributed by atoms with Gasteiger partial charge in [0.2, 0.25) is 0 Å². The van der Waals surface area contributed by atoms with Crippen LogP contribution in [0, 0.1) is 0 Å². The molecule has 28 rings (SSSR count). The lowest BCUT2D eigenvalue weighted by Crippen LogP contribution is -1.93. The van der Waals surface area contributed by atoms with E-state index < -0.39 is 0 Å². The monoisotopic (exact) mass is 1720 g/mol. The molecule has 0 N–H and O–H groups in total. The Morgan fingerprint density at radius 3 is 0.596 bits per heavy atom. The van der Waals surface area contributed by atoms with Gasteiger partial charge in [-0.05, 0) is 327 Å². The van der Waals surface area contributed by atoms with Gasteiger partial charge in [-0.3, -0.25) is 0 Å². The van der Waals surface area contributed by atoms with Crippen LogP contribution in [0.15, 0.2) is 522 Å². The van der Waals surface area contributed by atoms with Crippen LogP contribution >= 0.6 is 0 Å². The van der Waals surface area contributed by atoms with Crippen LogP contribution in [-0.2, 0) is 0 Å². The van der Waals surface area contributed by atoms with Gasteiger partial charge in [0.05, 0.1) is 0 Å². The molecular formula is C136H86. The molecular weight excluding hydrogens is 1630 g/mol. The van der Waals surface area contributed by atoms with Gasteiger partial charge < -0.3 is 0 Å². The molecule has 0 aliphatic carbocycles. The highest BCUT2D eigenvalue weighted by molar-refractivity contribution is 6.30. The second-order valence-electron chi connectivity index (χ2n) is 36.2. The fourth-order valence-corrected chi connectivity index (χ4v) is 22.4. The average molecular weight is 1720 g/mol. The molecule has 0 aliphatic rings. The van der Waals surface area contributed by atoms with E-state index in [4.69, 9.17) is 0 Å². The van der Waals surface area contributed by atoms with Crippen molar-refractivity contribution in [2.45, 2.75) is 0 Å². The molecule has 0 atom stereocenters. The molecule has 0 aromatic heterocycles. The van der Waals surface area contributed by atoms with Crippen LogP contribution in [0.5, 0.6) is 0 Å². The first-order valence-corrected chi connectivity index (χ1v) is 47.2. The Balaban J connectivity index is 0.000000106. The second kappa shape index (κ2) is 33.3. The van der Waals surface area contributed by atoms with Gasteiger partial charge in [0.15, 0.2) is 0 Å². The summed E-state index contributed by atoms with van der Waals surface area (Å²) in [6, 6.07) is 192. The van der Waals surface area contributed by atoms with Gasteiger partial charge >= 0.3 is 0 Å². The molecule has 0 nitrogen and oxygen atoms in total. The number of fused-ring (bicyclic) bond motifs is 19. The number of benzene rings is 28. The van der Waals surface area contributed by atoms with Crippen LogP contribution in [-0.4, -0.2) is 0 Å². The van der Waals surface area contributed by atoms with Gasteiger partial charge in [0.25, 0.3) is 0 Å². The summed E-state index contributed by atoms with van der Waals surface area (Å²) < 4.78 is 0. The van der Waals surface area contributed by atoms with Crippen LogP contribution in [0.2, 0.25) is 0 Å². The lowest BCUT2D eigenvalue weighted by Gasteiger charge is -2.20. The number of rotatable bonds is 9. The largest absolute Gasteiger partial charge is 0.0622 e. The standard InChI is InChI=1S/C50H32.C44H28.C42H26/c1-3-14-33(15-4-1)38-29-39(34-16-5-2-6-17-34)31-40(30-38)49-44-20-9-11-22-46(44)50(47-23-12-10-21-45(47)49)43-25-13-24-41-42(43)27-26-37-28-35-18-7-8-19-36(35)32-48(37)41;1-2-11-29(12-3-1)30-21-23-31(24-22-30)43-38-15-6-8-17-40(38)44(41-18-9-7-16-39(41)43)37-20-10-19-35-36(37)26-25-34-27-32-13-4-5-14-33(32)28-42(34)35;1-2-13-29-26-40-30(25-28(29)12-1)23-24-33-32(40)20-10-22-35(33)42-38-18-7-5-16-36(38)41(37-17-6-8-19-39(37)42)34-21-9-14-27-11-3-4-15-31(27)34/h1-32H;1-28H;1-26H. The predicted molar refractivity (Wildman–Crippen MR) is 588 cm³/mol. The van der Waals surface area contributed by atoms with E-state index in [-0.39, 0.29) is 0 Å². The SMILES string of the molecule is c1ccc(-c2cc(-c3ccccc3)cc(-c3c4ccccc4c(-c4cccc5c4ccc4cc6ccccc6cc45)c4ccccc34)c2)cc1.c1ccc(-c2ccc(-c3c4ccccc4c(-c4cccc5c4ccc4cc6ccccc6cc45)c4ccccc34)cc2)cc1.c1ccc2cc3c(ccc4c(-c5c6ccccc6c(-c6cccc7ccccc67)c6ccccc56)cccc43)cc2c1. The van der Waals surface area contributed by atoms with E-state index in [1.54, 1.807) is 0 Å². The van der Waals surface area contributed by atoms with Crippen molar-refractivity contribution < 1.29 is 0 Å². The van der Waals surface area contributed by atoms with Crippen molar-refractivity contribution in [1.29, 1.82) is 0 Å². The van der Waals surface area contributed by atoms with Crippen LogP contribution in [0.4, 0.5) is 0 Å². The third-order valence-corrected chi connectivity index (χ3v) is 28.6. The smallest absolute Gasteiger partial charge is 0.00201 e. The average Bonchev–Trinajstić information content (AvgIpc) is 0.724. The Hall–Kier alpha value is -17.7. The number of hydrogen-bond donors (Lipinski definition) is 0. The maximum Gasteiger partial charge on any atom is -0.00201 e. The van der Waals surface area contributed by atoms with Gasteiger partial charge in [-0.15, -0.1) is 0 Å². The van der Waals surface area contributed by atoms with E-state index in [9.17, 15) is 0 Å². The van der Waals surface area contributed by atoms with Crippen LogP contribution in [0.1, 0.15) is 0 Å². The van der Waals surface area contributed by atoms with Crippen molar-refractivity contribution in [2.24, 2.45) is 0 Å². The Morgan fingerprint density at radius 2 is 0.279 bits per heavy atom. The van der Waals surface area contributed by atoms with Crippen molar-refractivity contribution in [3.63, 3.8) is 0 Å². The van der Waals surface area contributed by atoms with Crippen molar-refractivity contribution in [3.8, 4) is 100 Å². The minimum atomic E-state index is 1.22. The molecule has 0 unspecified atom stereocenters. The fraction of sp³-hybridized carbons (Fsp3) is 0. The highest BCUT2D eigenvalue weighted by Gasteiger charge is 2.25. The first-order chi connectivity index (χ1) is 67.5. The zero-order chi connectivity index (χ0) is 89.7. The third-order valence-electron chi connectivity index (χ3n) is 28.6. The fourth-order valence-electron chi connectivity index (χ4n) is 22.4. The van der Waals surface area contributed by atoms with Gasteiger partial charge in [-0.2, -0.15) is 0 Å². The van der Waals surface area contributed by atoms with Gasteiger partial charge in [0.1, 0.15) is 0 Å². The molecule has 0 spiro atoms. The molecule has 630 valence electrons. The van der Waals surface area contributed by atoms with Crippen molar-refractivity contribution >= 4 is 172 Å². The van der Waals surface area contributed by atoms with Crippen molar-refractivity contribution in [2.75, 3.05) is 0 Å². The number of hydrogen-bond acceptors (Lipinski definition) is 0. The molecule has 0 fully saturated rings. The lowest BCUT2D eigenvalue weighted by molar-refractivity contribution is 1.58. The molecule has 28 aromatic rings. The normalized spacial score (nSPS) is 11.7. The van der Waals surface area contributed by atoms with E-state index in [0.29, 0.717) is 0 Å². The van der Waals surface area contributed by atoms with Crippen LogP contribution in [0.3, 0.4) is 0 Å². The molecule has 0 radical (unpaired) electrons. The first kappa shape index (κ1) is 79.3. The van der Waals surface area contributed by atoms with Gasteiger partial charge in [-0.25, -0.2) is 0 Å². The minimum absolute atomic E-state index is 1.22. The molecule has 0 aliphatic heterocycles. The summed E-state index contributed by atoms with van der Waals surface area (Å²) in [5.74, 6) is 0. The van der Waals surface area contributed by atoms with Gasteiger partial charge in [-0.1, -0.05) is 467 Å². The first-order valence-electron chi connectivity index (χ1n) is 47.2. The molecule has 28 aromatic carbocycles. The molecule has 0 saturated heterocycles. The zero-order valence-electron chi connectivity index (χ0n) is 74.7. The third kappa shape index (κ3) is 13.6. The van der Waals surface area contributed by atoms with Crippen molar-refractivity contribution in [3.05, 3.63) is 522 Å². The topological polar surface area (TPSA) is 0 Å². The van der Waals surface area contributed by atoms with Crippen LogP contribution in [0.25, 0.3) is 273 Å². The lowest BCUT2D eigenvalue weighted by atomic mass is 9.83. The summed E-state index contributed by atoms with van der Waals surface area (Å²) in [7, 11) is 0. The zero-order valence-corrected chi connectivity index (χ0v) is 74.7. The quantitative estimate of drug-likeness (QED) is 0.0998. The second-order valence-corrected chi connectivity index (χ2v) is 36.2. The summed E-state index contributed by atoms with van der Waals surface area (Å²) in [5.41, 5.74) is 22.6. The van der Waals surface area contributed by atoms with Crippen molar-refractivity contribution in [1.82, 2.24) is 0 Å². The highest BCUT2D eigenvalue weighted by atomic mass is 14.3. The van der Waals surface area contributed by atoms with E-state index in [0.717, 1.165) is 0 Å². The Bertz CT molecular complexity index is 9470. The van der Waals surface area contributed by atoms with E-state index >= 15 is 0 Å². The Kier molecular flexibility index (Phi) is 19.4. The maximum atomic E-state index is 2.38. The van der Waals surface area contributed by atoms with Gasteiger partial charge in [0, 0.05) is 0 Å². The summed E-state index contributed by atoms with van der Waals surface area (Å²) in [5, 5.41) is 40.9.